The quantitative estimate of drug-likeness (QED) is 0.321. The molecule has 1 spiro atoms. The number of fused-ring (bicyclic) bond motifs is 2. The van der Waals surface area contributed by atoms with Gasteiger partial charge in [-0.3, -0.25) is 14.4 Å². The summed E-state index contributed by atoms with van der Waals surface area (Å²) in [7, 11) is 0. The number of alkyl halides is 3. The molecular weight excluding hydrogens is 637 g/mol. The number of imide groups is 1. The summed E-state index contributed by atoms with van der Waals surface area (Å²) in [4.78, 5) is 58.2. The Labute approximate surface area is 284 Å². The molecule has 264 valence electrons. The van der Waals surface area contributed by atoms with Gasteiger partial charge in [-0.15, -0.1) is 0 Å². The van der Waals surface area contributed by atoms with E-state index in [9.17, 15) is 32.3 Å². The van der Waals surface area contributed by atoms with E-state index in [1.807, 2.05) is 42.2 Å². The lowest BCUT2D eigenvalue weighted by Crippen LogP contribution is -2.56. The van der Waals surface area contributed by atoms with E-state index in [0.717, 1.165) is 18.4 Å². The van der Waals surface area contributed by atoms with Gasteiger partial charge in [0.2, 0.25) is 11.5 Å². The standard InChI is InChI=1S/C37H45F3N4O5/c1-21(2)27-15-16-35(4,32(46)43(22(3)24-10-11-24)20-23-8-6-5-7-9-23)19-29(27)44-33(47)36(49-34(44)48)17-14-25-18-26(12-13-28(25)36)42-31(45)30(41)37(38,39)40/h5-9,12-13,18,21-22,24,27,29-30H,10-11,14-17,19-20,41H2,1-4H3,(H,42,45)/t22-,27?,29?,30?,35?,36?/m0/s1. The molecule has 4 aliphatic rings. The Kier molecular flexibility index (Phi) is 9.09. The maximum atomic E-state index is 14.6. The Morgan fingerprint density at radius 3 is 2.39 bits per heavy atom. The highest BCUT2D eigenvalue weighted by molar-refractivity contribution is 6.05. The van der Waals surface area contributed by atoms with E-state index in [1.54, 1.807) is 0 Å². The van der Waals surface area contributed by atoms with Crippen molar-refractivity contribution in [2.45, 2.75) is 109 Å². The molecule has 3 aliphatic carbocycles. The van der Waals surface area contributed by atoms with Gasteiger partial charge in [0.05, 0.1) is 0 Å². The van der Waals surface area contributed by atoms with Gasteiger partial charge in [0.25, 0.3) is 11.8 Å². The third kappa shape index (κ3) is 6.44. The Balaban J connectivity index is 1.26. The van der Waals surface area contributed by atoms with E-state index in [-0.39, 0.29) is 35.9 Å². The number of carbonyl (C=O) groups is 4. The molecule has 0 bridgehead atoms. The van der Waals surface area contributed by atoms with Crippen LogP contribution >= 0.6 is 0 Å². The normalized spacial score (nSPS) is 28.0. The number of ether oxygens (including phenoxy) is 1. The predicted octanol–water partition coefficient (Wildman–Crippen LogP) is 6.29. The summed E-state index contributed by atoms with van der Waals surface area (Å²) in [5.41, 5.74) is 4.81. The maximum absolute atomic E-state index is 14.6. The van der Waals surface area contributed by atoms with Crippen molar-refractivity contribution in [2.24, 2.45) is 28.9 Å². The lowest BCUT2D eigenvalue weighted by Gasteiger charge is -2.47. The number of amides is 4. The number of nitrogens with one attached hydrogen (secondary N) is 1. The molecule has 9 nitrogen and oxygen atoms in total. The van der Waals surface area contributed by atoms with Gasteiger partial charge in [-0.2, -0.15) is 13.2 Å². The first-order chi connectivity index (χ1) is 23.1. The molecule has 3 fully saturated rings. The van der Waals surface area contributed by atoms with Crippen molar-refractivity contribution < 1.29 is 37.1 Å². The molecule has 2 aromatic rings. The van der Waals surface area contributed by atoms with Crippen LogP contribution in [0.4, 0.5) is 23.7 Å². The molecule has 1 aliphatic heterocycles. The first kappa shape index (κ1) is 34.9. The lowest BCUT2D eigenvalue weighted by atomic mass is 9.65. The first-order valence-electron chi connectivity index (χ1n) is 17.2. The average Bonchev–Trinajstić information content (AvgIpc) is 3.80. The van der Waals surface area contributed by atoms with Crippen LogP contribution < -0.4 is 11.1 Å². The van der Waals surface area contributed by atoms with Crippen molar-refractivity contribution in [3.63, 3.8) is 0 Å². The highest BCUT2D eigenvalue weighted by Crippen LogP contribution is 2.51. The van der Waals surface area contributed by atoms with Crippen LogP contribution in [0, 0.1) is 23.2 Å². The van der Waals surface area contributed by atoms with Crippen molar-refractivity contribution in [1.82, 2.24) is 9.80 Å². The zero-order chi connectivity index (χ0) is 35.5. The molecule has 1 saturated heterocycles. The third-order valence-electron chi connectivity index (χ3n) is 11.4. The molecule has 6 atom stereocenters. The molecule has 3 N–H and O–H groups in total. The van der Waals surface area contributed by atoms with E-state index in [1.165, 1.54) is 23.1 Å². The number of benzene rings is 2. The molecule has 4 amide bonds. The van der Waals surface area contributed by atoms with Crippen LogP contribution in [-0.4, -0.2) is 57.9 Å². The molecule has 1 heterocycles. The van der Waals surface area contributed by atoms with Crippen LogP contribution in [0.25, 0.3) is 0 Å². The Hall–Kier alpha value is -3.93. The monoisotopic (exact) mass is 682 g/mol. The number of carbonyl (C=O) groups excluding carboxylic acids is 4. The van der Waals surface area contributed by atoms with Gasteiger partial charge in [-0.05, 0) is 86.5 Å². The second kappa shape index (κ2) is 12.8. The molecule has 12 heteroatoms. The number of halogens is 3. The summed E-state index contributed by atoms with van der Waals surface area (Å²) >= 11 is 0. The highest BCUT2D eigenvalue weighted by atomic mass is 19.4. The molecule has 0 aromatic heterocycles. The van der Waals surface area contributed by atoms with Crippen LogP contribution in [0.5, 0.6) is 0 Å². The minimum absolute atomic E-state index is 0.0312. The minimum Gasteiger partial charge on any atom is -0.427 e. The number of rotatable bonds is 9. The Morgan fingerprint density at radius 2 is 1.76 bits per heavy atom. The summed E-state index contributed by atoms with van der Waals surface area (Å²) in [5, 5.41) is 2.20. The van der Waals surface area contributed by atoms with Crippen LogP contribution in [0.3, 0.4) is 0 Å². The number of nitrogens with two attached hydrogens (primary N) is 1. The van der Waals surface area contributed by atoms with E-state index in [0.29, 0.717) is 49.3 Å². The molecular formula is C37H45F3N4O5. The van der Waals surface area contributed by atoms with Gasteiger partial charge in [-0.25, -0.2) is 9.69 Å². The number of anilines is 1. The third-order valence-corrected chi connectivity index (χ3v) is 11.4. The summed E-state index contributed by atoms with van der Waals surface area (Å²) in [6, 6.07) is 11.1. The van der Waals surface area contributed by atoms with Crippen molar-refractivity contribution in [2.75, 3.05) is 5.32 Å². The zero-order valence-electron chi connectivity index (χ0n) is 28.4. The summed E-state index contributed by atoms with van der Waals surface area (Å²) in [6.45, 7) is 8.69. The molecule has 2 aromatic carbocycles. The molecule has 49 heavy (non-hydrogen) atoms. The fourth-order valence-electron chi connectivity index (χ4n) is 8.23. The number of hydrogen-bond donors (Lipinski definition) is 2. The molecule has 0 radical (unpaired) electrons. The Morgan fingerprint density at radius 1 is 1.06 bits per heavy atom. The number of hydrogen-bond acceptors (Lipinski definition) is 6. The fourth-order valence-corrected chi connectivity index (χ4v) is 8.23. The maximum Gasteiger partial charge on any atom is 0.418 e. The number of aryl methyl sites for hydroxylation is 1. The van der Waals surface area contributed by atoms with Gasteiger partial charge < -0.3 is 20.7 Å². The van der Waals surface area contributed by atoms with Crippen LogP contribution in [0.2, 0.25) is 0 Å². The van der Waals surface area contributed by atoms with Crippen molar-refractivity contribution in [3.8, 4) is 0 Å². The van der Waals surface area contributed by atoms with Gasteiger partial charge >= 0.3 is 12.3 Å². The average molecular weight is 683 g/mol. The van der Waals surface area contributed by atoms with Crippen molar-refractivity contribution in [3.05, 3.63) is 65.2 Å². The number of nitrogens with zero attached hydrogens (tertiary/aromatic N) is 2. The van der Waals surface area contributed by atoms with E-state index < -0.39 is 47.2 Å². The van der Waals surface area contributed by atoms with E-state index >= 15 is 0 Å². The van der Waals surface area contributed by atoms with Gasteiger partial charge in [0, 0.05) is 41.7 Å². The van der Waals surface area contributed by atoms with Crippen LogP contribution in [0.15, 0.2) is 48.5 Å². The van der Waals surface area contributed by atoms with Gasteiger partial charge in [-0.1, -0.05) is 57.2 Å². The largest absolute Gasteiger partial charge is 0.427 e. The summed E-state index contributed by atoms with van der Waals surface area (Å²) in [6.07, 6.45) is -1.43. The molecule has 2 saturated carbocycles. The fraction of sp³-hybridized carbons (Fsp3) is 0.568. The van der Waals surface area contributed by atoms with E-state index in [2.05, 4.69) is 26.1 Å². The van der Waals surface area contributed by atoms with Crippen molar-refractivity contribution >= 4 is 29.5 Å². The highest BCUT2D eigenvalue weighted by Gasteiger charge is 2.62. The summed E-state index contributed by atoms with van der Waals surface area (Å²) < 4.78 is 44.9. The molecule has 5 unspecified atom stereocenters. The predicted molar refractivity (Wildman–Crippen MR) is 176 cm³/mol. The lowest BCUT2D eigenvalue weighted by molar-refractivity contribution is -0.159. The molecule has 6 rings (SSSR count). The smallest absolute Gasteiger partial charge is 0.418 e. The van der Waals surface area contributed by atoms with Crippen LogP contribution in [-0.2, 0) is 37.7 Å². The van der Waals surface area contributed by atoms with Gasteiger partial charge in [0.15, 0.2) is 6.04 Å². The second-order valence-electron chi connectivity index (χ2n) is 15.0. The zero-order valence-corrected chi connectivity index (χ0v) is 28.4. The Bertz CT molecular complexity index is 1630. The van der Waals surface area contributed by atoms with Gasteiger partial charge in [0.1, 0.15) is 0 Å². The summed E-state index contributed by atoms with van der Waals surface area (Å²) in [5.74, 6) is -1.34. The second-order valence-corrected chi connectivity index (χ2v) is 15.0. The first-order valence-corrected chi connectivity index (χ1v) is 17.2. The van der Waals surface area contributed by atoms with Crippen LogP contribution in [0.1, 0.15) is 82.9 Å². The van der Waals surface area contributed by atoms with Crippen molar-refractivity contribution in [1.29, 1.82) is 0 Å². The topological polar surface area (TPSA) is 122 Å². The minimum atomic E-state index is -4.90. The van der Waals surface area contributed by atoms with E-state index in [4.69, 9.17) is 10.5 Å². The SMILES string of the molecule is CC(C)C1CCC(C)(C(=O)N(Cc2ccccc2)[C@@H](C)C2CC2)CC1N1C(=O)OC2(CCc3cc(NC(=O)C(N)C(F)(F)F)ccc32)C1=O.